The molecule has 0 aliphatic rings. The fourth-order valence-electron chi connectivity index (χ4n) is 1.68. The Kier molecular flexibility index (Phi) is 4.11. The van der Waals surface area contributed by atoms with Gasteiger partial charge in [0.25, 0.3) is 0 Å². The number of rotatable bonds is 4. The zero-order valence-corrected chi connectivity index (χ0v) is 9.71. The molecule has 0 heterocycles. The third-order valence-electron chi connectivity index (χ3n) is 2.67. The van der Waals surface area contributed by atoms with Crippen molar-refractivity contribution < 1.29 is 5.11 Å². The molecular weight excluding hydrogens is 208 g/mol. The molecule has 0 unspecified atom stereocenters. The van der Waals surface area contributed by atoms with E-state index in [-0.39, 0.29) is 6.61 Å². The topological polar surface area (TPSA) is 20.2 Å². The lowest BCUT2D eigenvalue weighted by atomic mass is 10.1. The van der Waals surface area contributed by atoms with Crippen LogP contribution < -0.4 is 0 Å². The quantitative estimate of drug-likeness (QED) is 0.843. The normalized spacial score (nSPS) is 10.9. The zero-order chi connectivity index (χ0) is 11.9. The Labute approximate surface area is 102 Å². The molecular formula is C16H16O. The third-order valence-corrected chi connectivity index (χ3v) is 2.67. The van der Waals surface area contributed by atoms with Crippen LogP contribution in [0.1, 0.15) is 16.7 Å². The second kappa shape index (κ2) is 6.02. The molecule has 0 aromatic heterocycles. The van der Waals surface area contributed by atoms with E-state index in [1.54, 1.807) is 0 Å². The second-order valence-electron chi connectivity index (χ2n) is 3.99. The zero-order valence-electron chi connectivity index (χ0n) is 9.71. The lowest BCUT2D eigenvalue weighted by Crippen LogP contribution is -1.85. The van der Waals surface area contributed by atoms with Gasteiger partial charge in [0.05, 0.1) is 6.61 Å². The molecule has 1 N–H and O–H groups in total. The van der Waals surface area contributed by atoms with Crippen LogP contribution in [0.3, 0.4) is 0 Å². The summed E-state index contributed by atoms with van der Waals surface area (Å²) in [6.07, 6.45) is 5.20. The van der Waals surface area contributed by atoms with Gasteiger partial charge in [0.2, 0.25) is 0 Å². The number of allylic oxidation sites excluding steroid dienone is 1. The van der Waals surface area contributed by atoms with E-state index in [0.29, 0.717) is 0 Å². The molecule has 17 heavy (non-hydrogen) atoms. The maximum Gasteiger partial charge on any atom is 0.0681 e. The van der Waals surface area contributed by atoms with Crippen LogP contribution in [0.5, 0.6) is 0 Å². The van der Waals surface area contributed by atoms with Crippen molar-refractivity contribution in [3.8, 4) is 0 Å². The van der Waals surface area contributed by atoms with Crippen molar-refractivity contribution in [1.82, 2.24) is 0 Å². The first-order valence-corrected chi connectivity index (χ1v) is 5.79. The predicted octanol–water partition coefficient (Wildman–Crippen LogP) is 3.43. The summed E-state index contributed by atoms with van der Waals surface area (Å²) in [7, 11) is 0. The molecule has 1 heteroatoms. The molecule has 2 aromatic rings. The molecule has 86 valence electrons. The molecule has 1 nitrogen and oxygen atoms in total. The summed E-state index contributed by atoms with van der Waals surface area (Å²) in [4.78, 5) is 0. The molecule has 0 saturated carbocycles. The Morgan fingerprint density at radius 3 is 2.12 bits per heavy atom. The molecule has 0 aliphatic heterocycles. The highest BCUT2D eigenvalue weighted by atomic mass is 16.3. The highest BCUT2D eigenvalue weighted by Crippen LogP contribution is 2.07. The van der Waals surface area contributed by atoms with Crippen LogP contribution in [0.15, 0.2) is 60.7 Å². The first-order valence-electron chi connectivity index (χ1n) is 5.79. The number of aliphatic hydroxyl groups is 1. The van der Waals surface area contributed by atoms with Crippen LogP contribution in [0, 0.1) is 0 Å². The van der Waals surface area contributed by atoms with E-state index < -0.39 is 0 Å². The fourth-order valence-corrected chi connectivity index (χ4v) is 1.68. The summed E-state index contributed by atoms with van der Waals surface area (Å²) in [5.74, 6) is 0. The number of hydrogen-bond donors (Lipinski definition) is 1. The number of aliphatic hydroxyl groups excluding tert-OH is 1. The van der Waals surface area contributed by atoms with Crippen molar-refractivity contribution in [3.05, 3.63) is 77.4 Å². The Morgan fingerprint density at radius 1 is 0.824 bits per heavy atom. The molecule has 0 amide bonds. The Morgan fingerprint density at radius 2 is 1.47 bits per heavy atom. The maximum atomic E-state index is 8.94. The van der Waals surface area contributed by atoms with Gasteiger partial charge in [0, 0.05) is 0 Å². The van der Waals surface area contributed by atoms with Crippen LogP contribution in [0.25, 0.3) is 6.08 Å². The van der Waals surface area contributed by atoms with E-state index in [4.69, 9.17) is 5.11 Å². The van der Waals surface area contributed by atoms with E-state index in [1.807, 2.05) is 30.3 Å². The van der Waals surface area contributed by atoms with Gasteiger partial charge >= 0.3 is 0 Å². The highest BCUT2D eigenvalue weighted by molar-refractivity contribution is 5.49. The van der Waals surface area contributed by atoms with Gasteiger partial charge in [0.1, 0.15) is 0 Å². The lowest BCUT2D eigenvalue weighted by molar-refractivity contribution is 0.282. The molecule has 0 saturated heterocycles. The third kappa shape index (κ3) is 3.58. The first-order chi connectivity index (χ1) is 8.38. The molecule has 0 spiro atoms. The van der Waals surface area contributed by atoms with Gasteiger partial charge in [-0.05, 0) is 23.1 Å². The highest BCUT2D eigenvalue weighted by Gasteiger charge is 1.91. The van der Waals surface area contributed by atoms with Crippen LogP contribution >= 0.6 is 0 Å². The van der Waals surface area contributed by atoms with Gasteiger partial charge in [-0.25, -0.2) is 0 Å². The number of benzene rings is 2. The van der Waals surface area contributed by atoms with E-state index in [0.717, 1.165) is 12.0 Å². The minimum atomic E-state index is 0.111. The summed E-state index contributed by atoms with van der Waals surface area (Å²) >= 11 is 0. The van der Waals surface area contributed by atoms with Crippen molar-refractivity contribution in [1.29, 1.82) is 0 Å². The summed E-state index contributed by atoms with van der Waals surface area (Å²) in [6.45, 7) is 0.111. The van der Waals surface area contributed by atoms with Crippen molar-refractivity contribution in [2.45, 2.75) is 13.0 Å². The Bertz CT molecular complexity index is 469. The van der Waals surface area contributed by atoms with Crippen LogP contribution in [0.2, 0.25) is 0 Å². The average Bonchev–Trinajstić information content (AvgIpc) is 2.41. The van der Waals surface area contributed by atoms with Crippen molar-refractivity contribution in [2.75, 3.05) is 0 Å². The first kappa shape index (κ1) is 11.6. The summed E-state index contributed by atoms with van der Waals surface area (Å²) in [5.41, 5.74) is 3.44. The van der Waals surface area contributed by atoms with Gasteiger partial charge in [-0.3, -0.25) is 0 Å². The molecule has 0 fully saturated rings. The summed E-state index contributed by atoms with van der Waals surface area (Å²) < 4.78 is 0. The van der Waals surface area contributed by atoms with E-state index in [9.17, 15) is 0 Å². The van der Waals surface area contributed by atoms with E-state index in [1.165, 1.54) is 11.1 Å². The standard InChI is InChI=1S/C16H16O/c17-13-16-11-9-15(10-12-16)8-4-7-14-5-2-1-3-6-14/h1-7,9-12,17H,8,13H2/b7-4+. The minimum Gasteiger partial charge on any atom is -0.392 e. The summed E-state index contributed by atoms with van der Waals surface area (Å²) in [6, 6.07) is 18.3. The minimum absolute atomic E-state index is 0.111. The molecule has 2 aromatic carbocycles. The van der Waals surface area contributed by atoms with Gasteiger partial charge in [-0.2, -0.15) is 0 Å². The van der Waals surface area contributed by atoms with Crippen LogP contribution in [0.4, 0.5) is 0 Å². The molecule has 0 radical (unpaired) electrons. The van der Waals surface area contributed by atoms with E-state index >= 15 is 0 Å². The fraction of sp³-hybridized carbons (Fsp3) is 0.125. The smallest absolute Gasteiger partial charge is 0.0681 e. The second-order valence-corrected chi connectivity index (χ2v) is 3.99. The van der Waals surface area contributed by atoms with E-state index in [2.05, 4.69) is 36.4 Å². The van der Waals surface area contributed by atoms with Crippen LogP contribution in [-0.2, 0) is 13.0 Å². The monoisotopic (exact) mass is 224 g/mol. The van der Waals surface area contributed by atoms with Crippen molar-refractivity contribution in [3.63, 3.8) is 0 Å². The van der Waals surface area contributed by atoms with Gasteiger partial charge in [0.15, 0.2) is 0 Å². The molecule has 2 rings (SSSR count). The average molecular weight is 224 g/mol. The lowest BCUT2D eigenvalue weighted by Gasteiger charge is -1.99. The largest absolute Gasteiger partial charge is 0.392 e. The van der Waals surface area contributed by atoms with Gasteiger partial charge in [-0.1, -0.05) is 66.7 Å². The van der Waals surface area contributed by atoms with Crippen molar-refractivity contribution >= 4 is 6.08 Å². The SMILES string of the molecule is OCc1ccc(C/C=C/c2ccccc2)cc1. The Hall–Kier alpha value is -1.86. The number of hydrogen-bond acceptors (Lipinski definition) is 1. The predicted molar refractivity (Wildman–Crippen MR) is 71.5 cm³/mol. The maximum absolute atomic E-state index is 8.94. The molecule has 0 aliphatic carbocycles. The molecule has 0 bridgehead atoms. The Balaban J connectivity index is 1.95. The van der Waals surface area contributed by atoms with Crippen molar-refractivity contribution in [2.24, 2.45) is 0 Å². The van der Waals surface area contributed by atoms with Crippen LogP contribution in [-0.4, -0.2) is 5.11 Å². The van der Waals surface area contributed by atoms with Gasteiger partial charge in [-0.15, -0.1) is 0 Å². The molecule has 0 atom stereocenters. The van der Waals surface area contributed by atoms with Gasteiger partial charge < -0.3 is 5.11 Å². The summed E-state index contributed by atoms with van der Waals surface area (Å²) in [5, 5.41) is 8.94.